The lowest BCUT2D eigenvalue weighted by Gasteiger charge is -2.10. The molecule has 5 nitrogen and oxygen atoms in total. The van der Waals surface area contributed by atoms with Crippen LogP contribution in [0, 0.1) is 12.7 Å². The third kappa shape index (κ3) is 2.82. The maximum absolute atomic E-state index is 14.0. The summed E-state index contributed by atoms with van der Waals surface area (Å²) in [6, 6.07) is 0.930. The summed E-state index contributed by atoms with van der Waals surface area (Å²) in [5, 5.41) is -0.300. The Labute approximate surface area is 119 Å². The summed E-state index contributed by atoms with van der Waals surface area (Å²) in [6.45, 7) is 0.652. The van der Waals surface area contributed by atoms with Crippen LogP contribution < -0.4 is 4.74 Å². The first-order valence-corrected chi connectivity index (χ1v) is 7.78. The Bertz CT molecular complexity index is 800. The molecule has 116 valence electrons. The highest BCUT2D eigenvalue weighted by Crippen LogP contribution is 2.31. The van der Waals surface area contributed by atoms with Crippen LogP contribution in [-0.4, -0.2) is 37.3 Å². The van der Waals surface area contributed by atoms with Gasteiger partial charge in [0.15, 0.2) is 5.82 Å². The number of aryl methyl sites for hydroxylation is 2. The number of ether oxygens (including phenoxy) is 1. The molecule has 0 fully saturated rings. The lowest BCUT2D eigenvalue weighted by atomic mass is 10.1. The highest BCUT2D eigenvalue weighted by atomic mass is 32.2. The van der Waals surface area contributed by atoms with Gasteiger partial charge in [-0.15, -0.1) is 0 Å². The minimum Gasteiger partial charge on any atom is -0.487 e. The molecule has 0 radical (unpaired) electrons. The average molecular weight is 322 g/mol. The predicted molar refractivity (Wildman–Crippen MR) is 70.0 cm³/mol. The molecule has 0 unspecified atom stereocenters. The summed E-state index contributed by atoms with van der Waals surface area (Å²) in [7, 11) is -2.23. The molecule has 0 spiro atoms. The number of alkyl halides is 2. The van der Waals surface area contributed by atoms with Gasteiger partial charge in [0.05, 0.1) is 5.52 Å². The van der Waals surface area contributed by atoms with Crippen LogP contribution >= 0.6 is 0 Å². The zero-order valence-electron chi connectivity index (χ0n) is 11.5. The Morgan fingerprint density at radius 1 is 1.43 bits per heavy atom. The van der Waals surface area contributed by atoms with Gasteiger partial charge in [-0.3, -0.25) is 0 Å². The van der Waals surface area contributed by atoms with Crippen molar-refractivity contribution < 1.29 is 26.3 Å². The molecule has 9 heteroatoms. The Hall–Kier alpha value is -1.77. The van der Waals surface area contributed by atoms with Gasteiger partial charge in [0, 0.05) is 24.9 Å². The lowest BCUT2D eigenvalue weighted by molar-refractivity contribution is 0.0815. The van der Waals surface area contributed by atoms with Crippen LogP contribution in [0.4, 0.5) is 13.2 Å². The number of hydrogen-bond donors (Lipinski definition) is 0. The van der Waals surface area contributed by atoms with Crippen molar-refractivity contribution in [2.45, 2.75) is 18.5 Å². The molecule has 0 bridgehead atoms. The molecule has 0 atom stereocenters. The van der Waals surface area contributed by atoms with Gasteiger partial charge in [0.2, 0.25) is 15.0 Å². The summed E-state index contributed by atoms with van der Waals surface area (Å²) in [4.78, 5) is 3.78. The van der Waals surface area contributed by atoms with E-state index in [9.17, 15) is 21.6 Å². The van der Waals surface area contributed by atoms with E-state index in [1.165, 1.54) is 18.5 Å². The van der Waals surface area contributed by atoms with Crippen LogP contribution in [-0.2, 0) is 16.9 Å². The first kappa shape index (κ1) is 15.6. The van der Waals surface area contributed by atoms with E-state index in [0.717, 1.165) is 12.3 Å². The molecule has 0 aliphatic heterocycles. The zero-order chi connectivity index (χ0) is 15.9. The molecule has 2 aromatic rings. The fourth-order valence-electron chi connectivity index (χ4n) is 2.12. The fourth-order valence-corrected chi connectivity index (χ4v) is 2.96. The number of halogens is 3. The topological polar surface area (TPSA) is 61.2 Å². The Morgan fingerprint density at radius 3 is 2.57 bits per heavy atom. The molecule has 0 amide bonds. The van der Waals surface area contributed by atoms with Gasteiger partial charge in [-0.05, 0) is 6.92 Å². The van der Waals surface area contributed by atoms with Gasteiger partial charge in [-0.1, -0.05) is 0 Å². The minimum absolute atomic E-state index is 0.0663. The first-order valence-electron chi connectivity index (χ1n) is 5.89. The summed E-state index contributed by atoms with van der Waals surface area (Å²) < 4.78 is 67.7. The normalized spacial score (nSPS) is 12.3. The van der Waals surface area contributed by atoms with Gasteiger partial charge in [0.1, 0.15) is 17.9 Å². The van der Waals surface area contributed by atoms with Gasteiger partial charge in [-0.2, -0.15) is 0 Å². The number of sulfone groups is 1. The van der Waals surface area contributed by atoms with Crippen molar-refractivity contribution in [3.8, 4) is 5.75 Å². The molecule has 21 heavy (non-hydrogen) atoms. The highest BCUT2D eigenvalue weighted by Gasteiger charge is 2.23. The molecule has 1 aromatic carbocycles. The maximum atomic E-state index is 14.0. The smallest absolute Gasteiger partial charge is 0.272 e. The van der Waals surface area contributed by atoms with Crippen LogP contribution in [0.15, 0.2) is 11.2 Å². The van der Waals surface area contributed by atoms with Crippen LogP contribution in [0.5, 0.6) is 5.75 Å². The van der Waals surface area contributed by atoms with E-state index in [1.807, 2.05) is 0 Å². The van der Waals surface area contributed by atoms with E-state index in [1.54, 1.807) is 0 Å². The first-order chi connectivity index (χ1) is 9.62. The van der Waals surface area contributed by atoms with Crippen molar-refractivity contribution in [3.05, 3.63) is 17.4 Å². The standard InChI is InChI=1S/C12H13F3N2O3S/c1-6-8(20-5-9(14)15)4-7(13)10-11(6)17(2)12(16-10)21(3,18)19/h4,9H,5H2,1-3H3. The SMILES string of the molecule is Cc1c(OCC(F)F)cc(F)c2nc(S(C)(=O)=O)n(C)c12. The van der Waals surface area contributed by atoms with Gasteiger partial charge in [-0.25, -0.2) is 26.6 Å². The van der Waals surface area contributed by atoms with E-state index >= 15 is 0 Å². The van der Waals surface area contributed by atoms with Crippen LogP contribution in [0.3, 0.4) is 0 Å². The number of nitrogens with zero attached hydrogens (tertiary/aromatic N) is 2. The van der Waals surface area contributed by atoms with Crippen LogP contribution in [0.1, 0.15) is 5.56 Å². The molecular weight excluding hydrogens is 309 g/mol. The Balaban J connectivity index is 2.69. The van der Waals surface area contributed by atoms with Crippen LogP contribution in [0.25, 0.3) is 11.0 Å². The Morgan fingerprint density at radius 2 is 2.05 bits per heavy atom. The second kappa shape index (κ2) is 5.21. The molecule has 1 aromatic heterocycles. The third-order valence-electron chi connectivity index (χ3n) is 2.96. The van der Waals surface area contributed by atoms with Crippen molar-refractivity contribution in [3.63, 3.8) is 0 Å². The quantitative estimate of drug-likeness (QED) is 0.864. The van der Waals surface area contributed by atoms with Crippen LogP contribution in [0.2, 0.25) is 0 Å². The van der Waals surface area contributed by atoms with Gasteiger partial charge < -0.3 is 9.30 Å². The maximum Gasteiger partial charge on any atom is 0.272 e. The fraction of sp³-hybridized carbons (Fsp3) is 0.417. The molecule has 0 aliphatic rings. The second-order valence-corrected chi connectivity index (χ2v) is 6.52. The summed E-state index contributed by atoms with van der Waals surface area (Å²) >= 11 is 0. The Kier molecular flexibility index (Phi) is 3.87. The molecule has 2 rings (SSSR count). The number of fused-ring (bicyclic) bond motifs is 1. The van der Waals surface area contributed by atoms with Gasteiger partial charge >= 0.3 is 0 Å². The van der Waals surface area contributed by atoms with Crippen molar-refractivity contribution in [1.82, 2.24) is 9.55 Å². The van der Waals surface area contributed by atoms with Crippen molar-refractivity contribution in [2.24, 2.45) is 7.05 Å². The third-order valence-corrected chi connectivity index (χ3v) is 3.99. The number of aromatic nitrogens is 2. The highest BCUT2D eigenvalue weighted by molar-refractivity contribution is 7.90. The van der Waals surface area contributed by atoms with Crippen molar-refractivity contribution in [2.75, 3.05) is 12.9 Å². The number of benzene rings is 1. The van der Waals surface area contributed by atoms with E-state index in [4.69, 9.17) is 4.74 Å². The molecular formula is C12H13F3N2O3S. The van der Waals surface area contributed by atoms with Crippen molar-refractivity contribution in [1.29, 1.82) is 0 Å². The van der Waals surface area contributed by atoms with E-state index in [-0.39, 0.29) is 21.9 Å². The number of hydrogen-bond acceptors (Lipinski definition) is 4. The van der Waals surface area contributed by atoms with E-state index in [0.29, 0.717) is 5.56 Å². The monoisotopic (exact) mass is 322 g/mol. The van der Waals surface area contributed by atoms with E-state index in [2.05, 4.69) is 4.98 Å². The summed E-state index contributed by atoms with van der Waals surface area (Å²) in [6.07, 6.45) is -1.74. The molecule has 0 saturated heterocycles. The number of rotatable bonds is 4. The largest absolute Gasteiger partial charge is 0.487 e. The molecule has 1 heterocycles. The summed E-state index contributed by atoms with van der Waals surface area (Å²) in [5.74, 6) is -0.895. The van der Waals surface area contributed by atoms with E-state index < -0.39 is 28.7 Å². The van der Waals surface area contributed by atoms with Gasteiger partial charge in [0.25, 0.3) is 6.43 Å². The molecule has 0 N–H and O–H groups in total. The predicted octanol–water partition coefficient (Wildman–Crippen LogP) is 2.07. The number of imidazole rings is 1. The van der Waals surface area contributed by atoms with Crippen molar-refractivity contribution >= 4 is 20.9 Å². The zero-order valence-corrected chi connectivity index (χ0v) is 12.3. The minimum atomic E-state index is -3.64. The second-order valence-electron chi connectivity index (χ2n) is 4.61. The molecule has 0 saturated carbocycles. The summed E-state index contributed by atoms with van der Waals surface area (Å²) in [5.41, 5.74) is 0.400. The lowest BCUT2D eigenvalue weighted by Crippen LogP contribution is -2.09. The molecule has 0 aliphatic carbocycles. The average Bonchev–Trinajstić information content (AvgIpc) is 2.70.